The van der Waals surface area contributed by atoms with E-state index < -0.39 is 0 Å². The lowest BCUT2D eigenvalue weighted by atomic mass is 10.0. The third kappa shape index (κ3) is 0. The van der Waals surface area contributed by atoms with E-state index in [4.69, 9.17) is 0 Å². The van der Waals surface area contributed by atoms with Crippen molar-refractivity contribution in [1.29, 1.82) is 0 Å². The first-order valence-electron chi connectivity index (χ1n) is 10.7. The zero-order valence-electron chi connectivity index (χ0n) is 22.1. The Balaban J connectivity index is -0.0000000143. The Kier molecular flexibility index (Phi) is 296. The quantitative estimate of drug-likeness (QED) is 0.411. The fraction of sp³-hybridized carbons (Fsp3) is 1.00. The van der Waals surface area contributed by atoms with Crippen LogP contribution in [-0.4, -0.2) is 0 Å². The van der Waals surface area contributed by atoms with Crippen LogP contribution in [0.2, 0.25) is 0 Å². The van der Waals surface area contributed by atoms with Crippen LogP contribution < -0.4 is 0 Å². The van der Waals surface area contributed by atoms with Gasteiger partial charge in [-0.15, -0.1) is 0 Å². The molecular formula is C23H64. The Bertz CT molecular complexity index is 36.8. The number of rotatable bonds is 0. The normalized spacial score (nSPS) is 6.00. The first-order chi connectivity index (χ1) is 10.7. The van der Waals surface area contributed by atoms with Crippen LogP contribution in [0, 0.1) is 11.3 Å². The summed E-state index contributed by atoms with van der Waals surface area (Å²) in [6.07, 6.45) is 0. The Morgan fingerprint density at radius 2 is 0.348 bits per heavy atom. The van der Waals surface area contributed by atoms with E-state index in [1.807, 2.05) is 96.9 Å². The van der Waals surface area contributed by atoms with E-state index in [1.165, 1.54) is 0 Å². The molecule has 0 heterocycles. The highest BCUT2D eigenvalue weighted by Crippen LogP contribution is 2.08. The predicted octanol–water partition coefficient (Wildman–Crippen LogP) is 10.9. The second kappa shape index (κ2) is 120. The maximum atomic E-state index is 2.19. The number of hydrogen-bond acceptors (Lipinski definition) is 0. The van der Waals surface area contributed by atoms with Gasteiger partial charge in [0.05, 0.1) is 0 Å². The van der Waals surface area contributed by atoms with Gasteiger partial charge in [-0.2, -0.15) is 0 Å². The van der Waals surface area contributed by atoms with Crippen LogP contribution in [0.1, 0.15) is 145 Å². The van der Waals surface area contributed by atoms with Gasteiger partial charge in [-0.25, -0.2) is 0 Å². The molecule has 0 radical (unpaired) electrons. The first kappa shape index (κ1) is 56.8. The summed E-state index contributed by atoms with van der Waals surface area (Å²) in [5.74, 6) is 0.833. The maximum Gasteiger partial charge on any atom is -0.0411 e. The van der Waals surface area contributed by atoms with Crippen molar-refractivity contribution in [2.75, 3.05) is 0 Å². The maximum absolute atomic E-state index is 2.19. The molecule has 0 aromatic carbocycles. The molecule has 0 bridgehead atoms. The SMILES string of the molecule is CC.CC.CC.CC.CC.CC.CC.CC(C)(C)C.CC(C)C. The molecule has 0 saturated heterocycles. The minimum Gasteiger partial charge on any atom is -0.0683 e. The second-order valence-electron chi connectivity index (χ2n) is 4.73. The highest BCUT2D eigenvalue weighted by Gasteiger charge is 1.95. The van der Waals surface area contributed by atoms with Gasteiger partial charge in [0.15, 0.2) is 0 Å². The summed E-state index contributed by atoms with van der Waals surface area (Å²) in [5, 5.41) is 0. The molecule has 23 heavy (non-hydrogen) atoms. The molecule has 0 aromatic rings. The Labute approximate surface area is 157 Å². The molecule has 0 aromatic heterocycles. The predicted molar refractivity (Wildman–Crippen MR) is 125 cm³/mol. The second-order valence-corrected chi connectivity index (χ2v) is 4.73. The van der Waals surface area contributed by atoms with Crippen LogP contribution in [0.5, 0.6) is 0 Å². The van der Waals surface area contributed by atoms with Crippen molar-refractivity contribution in [2.24, 2.45) is 11.3 Å². The van der Waals surface area contributed by atoms with Crippen LogP contribution in [0.4, 0.5) is 0 Å². The van der Waals surface area contributed by atoms with Gasteiger partial charge in [-0.05, 0) is 11.3 Å². The van der Waals surface area contributed by atoms with Crippen molar-refractivity contribution in [2.45, 2.75) is 145 Å². The van der Waals surface area contributed by atoms with E-state index in [0.29, 0.717) is 5.41 Å². The van der Waals surface area contributed by atoms with Gasteiger partial charge in [-0.3, -0.25) is 0 Å². The van der Waals surface area contributed by atoms with E-state index in [0.717, 1.165) is 5.92 Å². The third-order valence-corrected chi connectivity index (χ3v) is 0. The van der Waals surface area contributed by atoms with Crippen molar-refractivity contribution >= 4 is 0 Å². The molecule has 0 heteroatoms. The van der Waals surface area contributed by atoms with E-state index in [-0.39, 0.29) is 0 Å². The molecule has 0 saturated carbocycles. The van der Waals surface area contributed by atoms with E-state index in [2.05, 4.69) is 48.5 Å². The van der Waals surface area contributed by atoms with Gasteiger partial charge in [0.2, 0.25) is 0 Å². The lowest BCUT2D eigenvalue weighted by molar-refractivity contribution is 0.469. The topological polar surface area (TPSA) is 0 Å². The largest absolute Gasteiger partial charge is 0.0683 e. The van der Waals surface area contributed by atoms with Crippen LogP contribution in [0.25, 0.3) is 0 Å². The Hall–Kier alpha value is 0. The molecule has 0 unspecified atom stereocenters. The average Bonchev–Trinajstić information content (AvgIpc) is 2.58. The fourth-order valence-electron chi connectivity index (χ4n) is 0. The minimum atomic E-state index is 0.500. The van der Waals surface area contributed by atoms with E-state index in [9.17, 15) is 0 Å². The summed E-state index contributed by atoms with van der Waals surface area (Å²) in [4.78, 5) is 0. The molecule has 0 spiro atoms. The Morgan fingerprint density at radius 1 is 0.348 bits per heavy atom. The number of hydrogen-bond donors (Lipinski definition) is 0. The van der Waals surface area contributed by atoms with E-state index >= 15 is 0 Å². The fourth-order valence-corrected chi connectivity index (χ4v) is 0. The zero-order chi connectivity index (χ0) is 22.1. The van der Waals surface area contributed by atoms with Crippen molar-refractivity contribution in [1.82, 2.24) is 0 Å². The van der Waals surface area contributed by atoms with Gasteiger partial charge >= 0.3 is 0 Å². The molecule has 0 N–H and O–H groups in total. The molecule has 0 atom stereocenters. The zero-order valence-corrected chi connectivity index (χ0v) is 22.1. The van der Waals surface area contributed by atoms with Gasteiger partial charge < -0.3 is 0 Å². The lowest BCUT2D eigenvalue weighted by Crippen LogP contribution is -1.93. The van der Waals surface area contributed by atoms with Crippen LogP contribution >= 0.6 is 0 Å². The smallest absolute Gasteiger partial charge is 0.0411 e. The minimum absolute atomic E-state index is 0.500. The monoisotopic (exact) mass is 341 g/mol. The highest BCUT2D eigenvalue weighted by molar-refractivity contribution is 4.47. The summed E-state index contributed by atoms with van der Waals surface area (Å²) in [6.45, 7) is 43.2. The van der Waals surface area contributed by atoms with Crippen LogP contribution in [-0.2, 0) is 0 Å². The lowest BCUT2D eigenvalue weighted by Gasteiger charge is -2.05. The van der Waals surface area contributed by atoms with Gasteiger partial charge in [-0.1, -0.05) is 145 Å². The van der Waals surface area contributed by atoms with Crippen molar-refractivity contribution in [3.05, 3.63) is 0 Å². The molecule has 0 aliphatic rings. The molecule has 0 fully saturated rings. The molecule has 0 amide bonds. The van der Waals surface area contributed by atoms with Gasteiger partial charge in [0.25, 0.3) is 0 Å². The first-order valence-corrected chi connectivity index (χ1v) is 10.7. The van der Waals surface area contributed by atoms with Crippen LogP contribution in [0.15, 0.2) is 0 Å². The van der Waals surface area contributed by atoms with Crippen molar-refractivity contribution in [3.63, 3.8) is 0 Å². The molecular weight excluding hydrogens is 276 g/mol. The summed E-state index contributed by atoms with van der Waals surface area (Å²) in [7, 11) is 0. The molecule has 156 valence electrons. The Morgan fingerprint density at radius 3 is 0.348 bits per heavy atom. The third-order valence-electron chi connectivity index (χ3n) is 0. The van der Waals surface area contributed by atoms with E-state index in [1.54, 1.807) is 0 Å². The van der Waals surface area contributed by atoms with Crippen molar-refractivity contribution < 1.29 is 0 Å². The summed E-state index contributed by atoms with van der Waals surface area (Å²) in [5.41, 5.74) is 0.500. The average molecular weight is 341 g/mol. The molecule has 0 nitrogen and oxygen atoms in total. The molecule has 0 rings (SSSR count). The van der Waals surface area contributed by atoms with Crippen molar-refractivity contribution in [3.8, 4) is 0 Å². The molecule has 0 aliphatic heterocycles. The summed E-state index contributed by atoms with van der Waals surface area (Å²) >= 11 is 0. The summed E-state index contributed by atoms with van der Waals surface area (Å²) in [6, 6.07) is 0. The van der Waals surface area contributed by atoms with Gasteiger partial charge in [0.1, 0.15) is 0 Å². The molecule has 0 aliphatic carbocycles. The van der Waals surface area contributed by atoms with Crippen LogP contribution in [0.3, 0.4) is 0 Å². The highest BCUT2D eigenvalue weighted by atomic mass is 14.0. The standard InChI is InChI=1S/C5H12.C4H10.7C2H6/c1-5(2,3)4;1-4(2)3;7*1-2/h1-4H3;4H,1-3H3;7*1-2H3. The van der Waals surface area contributed by atoms with Gasteiger partial charge in [0, 0.05) is 0 Å². The summed E-state index contributed by atoms with van der Waals surface area (Å²) < 4.78 is 0.